The Hall–Kier alpha value is -1.44. The van der Waals surface area contributed by atoms with Gasteiger partial charge in [-0.05, 0) is 12.1 Å². The van der Waals surface area contributed by atoms with Crippen LogP contribution in [-0.2, 0) is 9.59 Å². The number of isocyanates is 2. The zero-order chi connectivity index (χ0) is 10.6. The maximum Gasteiger partial charge on any atom is 0.240 e. The van der Waals surface area contributed by atoms with Crippen molar-refractivity contribution in [1.82, 2.24) is 0 Å². The van der Waals surface area contributed by atoms with Crippen LogP contribution in [0.1, 0.15) is 0 Å². The molecular formula is C8H2Cl2N2O2. The normalized spacial score (nSPS) is 8.71. The molecule has 0 saturated carbocycles. The SMILES string of the molecule is O=C=Nc1ccc(Cl)c(N=C=O)c1Cl. The van der Waals surface area contributed by atoms with Crippen molar-refractivity contribution in [2.75, 3.05) is 0 Å². The fraction of sp³-hybridized carbons (Fsp3) is 0. The number of hydrogen-bond donors (Lipinski definition) is 0. The summed E-state index contributed by atoms with van der Waals surface area (Å²) in [7, 11) is 0. The van der Waals surface area contributed by atoms with Crippen LogP contribution in [0, 0.1) is 0 Å². The third-order valence-electron chi connectivity index (χ3n) is 1.37. The molecule has 0 amide bonds. The van der Waals surface area contributed by atoms with Crippen LogP contribution in [0.3, 0.4) is 0 Å². The van der Waals surface area contributed by atoms with Gasteiger partial charge in [-0.2, -0.15) is 9.98 Å². The minimum Gasteiger partial charge on any atom is -0.211 e. The van der Waals surface area contributed by atoms with E-state index in [9.17, 15) is 9.59 Å². The van der Waals surface area contributed by atoms with Gasteiger partial charge in [0, 0.05) is 0 Å². The summed E-state index contributed by atoms with van der Waals surface area (Å²) in [5.74, 6) is 0. The first-order valence-corrected chi connectivity index (χ1v) is 4.10. The van der Waals surface area contributed by atoms with Gasteiger partial charge in [-0.25, -0.2) is 9.59 Å². The topological polar surface area (TPSA) is 58.9 Å². The highest BCUT2D eigenvalue weighted by Gasteiger charge is 2.09. The highest BCUT2D eigenvalue weighted by Crippen LogP contribution is 2.39. The third-order valence-corrected chi connectivity index (χ3v) is 2.05. The van der Waals surface area contributed by atoms with E-state index in [-0.39, 0.29) is 21.4 Å². The zero-order valence-corrected chi connectivity index (χ0v) is 8.13. The number of benzene rings is 1. The Bertz CT molecular complexity index is 461. The molecule has 0 aliphatic rings. The lowest BCUT2D eigenvalue weighted by atomic mass is 10.3. The first-order valence-electron chi connectivity index (χ1n) is 3.34. The highest BCUT2D eigenvalue weighted by atomic mass is 35.5. The average molecular weight is 229 g/mol. The van der Waals surface area contributed by atoms with Crippen LogP contribution in [-0.4, -0.2) is 12.2 Å². The van der Waals surface area contributed by atoms with Crippen LogP contribution < -0.4 is 0 Å². The predicted molar refractivity (Wildman–Crippen MR) is 52.0 cm³/mol. The molecule has 0 N–H and O–H groups in total. The Morgan fingerprint density at radius 2 is 1.71 bits per heavy atom. The van der Waals surface area contributed by atoms with E-state index in [4.69, 9.17) is 23.2 Å². The predicted octanol–water partition coefficient (Wildman–Crippen LogP) is 2.93. The fourth-order valence-electron chi connectivity index (χ4n) is 0.814. The van der Waals surface area contributed by atoms with Gasteiger partial charge in [0.2, 0.25) is 12.2 Å². The molecule has 0 radical (unpaired) electrons. The van der Waals surface area contributed by atoms with Crippen molar-refractivity contribution in [3.05, 3.63) is 22.2 Å². The summed E-state index contributed by atoms with van der Waals surface area (Å²) in [6.07, 6.45) is 2.62. The van der Waals surface area contributed by atoms with Crippen LogP contribution in [0.15, 0.2) is 22.1 Å². The summed E-state index contributed by atoms with van der Waals surface area (Å²) < 4.78 is 0. The molecule has 1 aromatic carbocycles. The molecule has 0 bridgehead atoms. The minimum absolute atomic E-state index is 0.0178. The standard InChI is InChI=1S/C8H2Cl2N2O2/c9-5-1-2-6(11-3-13)7(10)8(5)12-4-14/h1-2H. The second-order valence-corrected chi connectivity index (χ2v) is 2.92. The maximum absolute atomic E-state index is 10.0. The van der Waals surface area contributed by atoms with E-state index in [1.54, 1.807) is 0 Å². The Kier molecular flexibility index (Phi) is 3.57. The molecule has 14 heavy (non-hydrogen) atoms. The molecule has 4 nitrogen and oxygen atoms in total. The van der Waals surface area contributed by atoms with Gasteiger partial charge in [-0.1, -0.05) is 23.2 Å². The second-order valence-electron chi connectivity index (χ2n) is 2.14. The van der Waals surface area contributed by atoms with Crippen molar-refractivity contribution < 1.29 is 9.59 Å². The van der Waals surface area contributed by atoms with E-state index in [2.05, 4.69) is 9.98 Å². The molecule has 0 aromatic heterocycles. The smallest absolute Gasteiger partial charge is 0.211 e. The van der Waals surface area contributed by atoms with E-state index in [1.807, 2.05) is 0 Å². The van der Waals surface area contributed by atoms with Gasteiger partial charge in [0.1, 0.15) is 5.69 Å². The van der Waals surface area contributed by atoms with Gasteiger partial charge in [0.25, 0.3) is 0 Å². The van der Waals surface area contributed by atoms with Crippen LogP contribution >= 0.6 is 23.2 Å². The molecule has 0 unspecified atom stereocenters. The summed E-state index contributed by atoms with van der Waals surface area (Å²) in [5, 5.41) is 0.201. The van der Waals surface area contributed by atoms with E-state index >= 15 is 0 Å². The molecule has 6 heteroatoms. The quantitative estimate of drug-likeness (QED) is 0.578. The van der Waals surface area contributed by atoms with Crippen LogP contribution in [0.2, 0.25) is 10.0 Å². The molecule has 0 atom stereocenters. The lowest BCUT2D eigenvalue weighted by Gasteiger charge is -2.00. The molecule has 1 rings (SSSR count). The van der Waals surface area contributed by atoms with E-state index < -0.39 is 0 Å². The van der Waals surface area contributed by atoms with Crippen molar-refractivity contribution in [3.63, 3.8) is 0 Å². The van der Waals surface area contributed by atoms with Crippen molar-refractivity contribution in [2.45, 2.75) is 0 Å². The molecule has 0 spiro atoms. The van der Waals surface area contributed by atoms with E-state index in [1.165, 1.54) is 24.3 Å². The fourth-order valence-corrected chi connectivity index (χ4v) is 1.31. The minimum atomic E-state index is 0.0178. The monoisotopic (exact) mass is 228 g/mol. The Balaban J connectivity index is 3.47. The van der Waals surface area contributed by atoms with Gasteiger partial charge >= 0.3 is 0 Å². The van der Waals surface area contributed by atoms with Crippen molar-refractivity contribution in [1.29, 1.82) is 0 Å². The number of aliphatic imine (C=N–C) groups is 2. The van der Waals surface area contributed by atoms with Crippen LogP contribution in [0.5, 0.6) is 0 Å². The summed E-state index contributed by atoms with van der Waals surface area (Å²) >= 11 is 11.4. The highest BCUT2D eigenvalue weighted by molar-refractivity contribution is 6.40. The molecular weight excluding hydrogens is 227 g/mol. The summed E-state index contributed by atoms with van der Waals surface area (Å²) in [4.78, 5) is 26.6. The van der Waals surface area contributed by atoms with Crippen molar-refractivity contribution >= 4 is 46.7 Å². The van der Waals surface area contributed by atoms with Gasteiger partial charge in [0.05, 0.1) is 15.7 Å². The Morgan fingerprint density at radius 1 is 1.07 bits per heavy atom. The van der Waals surface area contributed by atoms with Gasteiger partial charge < -0.3 is 0 Å². The molecule has 70 valence electrons. The first kappa shape index (κ1) is 10.6. The molecule has 0 heterocycles. The number of rotatable bonds is 2. The largest absolute Gasteiger partial charge is 0.240 e. The molecule has 0 aliphatic carbocycles. The molecule has 0 saturated heterocycles. The molecule has 1 aromatic rings. The first-order chi connectivity index (χ1) is 6.70. The van der Waals surface area contributed by atoms with Crippen LogP contribution in [0.4, 0.5) is 11.4 Å². The second kappa shape index (κ2) is 4.70. The lowest BCUT2D eigenvalue weighted by Crippen LogP contribution is -1.73. The van der Waals surface area contributed by atoms with Crippen molar-refractivity contribution in [2.24, 2.45) is 9.98 Å². The van der Waals surface area contributed by atoms with Crippen LogP contribution in [0.25, 0.3) is 0 Å². The van der Waals surface area contributed by atoms with Gasteiger partial charge in [-0.3, -0.25) is 0 Å². The Morgan fingerprint density at radius 3 is 2.29 bits per heavy atom. The Labute approximate surface area is 88.9 Å². The average Bonchev–Trinajstić information content (AvgIpc) is 2.17. The summed E-state index contributed by atoms with van der Waals surface area (Å²) in [6, 6.07) is 2.83. The summed E-state index contributed by atoms with van der Waals surface area (Å²) in [6.45, 7) is 0. The number of nitrogens with zero attached hydrogens (tertiary/aromatic N) is 2. The molecule has 0 aliphatic heterocycles. The van der Waals surface area contributed by atoms with E-state index in [0.29, 0.717) is 0 Å². The lowest BCUT2D eigenvalue weighted by molar-refractivity contribution is 0.565. The third kappa shape index (κ3) is 2.08. The van der Waals surface area contributed by atoms with E-state index in [0.717, 1.165) is 0 Å². The van der Waals surface area contributed by atoms with Gasteiger partial charge in [-0.15, -0.1) is 0 Å². The summed E-state index contributed by atoms with van der Waals surface area (Å²) in [5.41, 5.74) is 0.194. The number of carbonyl (C=O) groups excluding carboxylic acids is 2. The molecule has 0 fully saturated rings. The number of halogens is 2. The van der Waals surface area contributed by atoms with Crippen molar-refractivity contribution in [3.8, 4) is 0 Å². The van der Waals surface area contributed by atoms with Gasteiger partial charge in [0.15, 0.2) is 0 Å². The number of hydrogen-bond acceptors (Lipinski definition) is 4. The maximum atomic E-state index is 10.0. The zero-order valence-electron chi connectivity index (χ0n) is 6.62.